The summed E-state index contributed by atoms with van der Waals surface area (Å²) in [6.45, 7) is 1.09. The fourth-order valence-corrected chi connectivity index (χ4v) is 2.83. The topological polar surface area (TPSA) is 66.6 Å². The lowest BCUT2D eigenvalue weighted by Crippen LogP contribution is -2.36. The van der Waals surface area contributed by atoms with E-state index in [1.165, 1.54) is 6.07 Å². The zero-order valence-corrected chi connectivity index (χ0v) is 12.1. The van der Waals surface area contributed by atoms with E-state index in [4.69, 9.17) is 17.3 Å². The molecule has 108 valence electrons. The van der Waals surface area contributed by atoms with Crippen LogP contribution in [0.1, 0.15) is 21.5 Å². The first kappa shape index (κ1) is 13.8. The maximum atomic E-state index is 12.5. The van der Waals surface area contributed by atoms with Crippen molar-refractivity contribution in [3.8, 4) is 5.75 Å². The fraction of sp³-hybridized carbons (Fsp3) is 0.188. The molecule has 1 amide bonds. The predicted octanol–water partition coefficient (Wildman–Crippen LogP) is 2.83. The number of nitrogens with zero attached hydrogens (tertiary/aromatic N) is 1. The monoisotopic (exact) mass is 302 g/mol. The van der Waals surface area contributed by atoms with E-state index in [0.717, 1.165) is 23.2 Å². The number of phenols is 1. The summed E-state index contributed by atoms with van der Waals surface area (Å²) >= 11 is 5.79. The van der Waals surface area contributed by atoms with E-state index < -0.39 is 0 Å². The molecule has 0 bridgehead atoms. The van der Waals surface area contributed by atoms with Gasteiger partial charge in [-0.3, -0.25) is 4.79 Å². The largest absolute Gasteiger partial charge is 0.507 e. The second-order valence-electron chi connectivity index (χ2n) is 5.12. The molecule has 0 aliphatic carbocycles. The van der Waals surface area contributed by atoms with Crippen LogP contribution in [0.3, 0.4) is 0 Å². The number of anilines is 1. The average Bonchev–Trinajstić information content (AvgIpc) is 2.46. The highest BCUT2D eigenvalue weighted by Crippen LogP contribution is 2.28. The maximum Gasteiger partial charge on any atom is 0.257 e. The van der Waals surface area contributed by atoms with Gasteiger partial charge in [0.05, 0.1) is 5.56 Å². The molecule has 1 aliphatic heterocycles. The number of phenolic OH excluding ortho intramolecular Hbond substituents is 1. The van der Waals surface area contributed by atoms with Crippen molar-refractivity contribution in [2.45, 2.75) is 13.0 Å². The second-order valence-corrected chi connectivity index (χ2v) is 5.56. The van der Waals surface area contributed by atoms with Gasteiger partial charge in [-0.25, -0.2) is 0 Å². The van der Waals surface area contributed by atoms with E-state index >= 15 is 0 Å². The lowest BCUT2D eigenvalue weighted by Gasteiger charge is -2.29. The molecular weight excluding hydrogens is 288 g/mol. The maximum absolute atomic E-state index is 12.5. The standard InChI is InChI=1S/C16H15ClN2O2/c17-11-4-5-13(15(20)8-11)16(21)19-7-6-12-10(9-19)2-1-3-14(12)18/h1-5,8,20H,6-7,9,18H2. The first-order valence-corrected chi connectivity index (χ1v) is 7.08. The van der Waals surface area contributed by atoms with Crippen molar-refractivity contribution in [1.82, 2.24) is 4.90 Å². The summed E-state index contributed by atoms with van der Waals surface area (Å²) in [6.07, 6.45) is 0.724. The van der Waals surface area contributed by atoms with Crippen molar-refractivity contribution in [3.63, 3.8) is 0 Å². The molecule has 0 radical (unpaired) electrons. The zero-order chi connectivity index (χ0) is 15.0. The molecule has 0 unspecified atom stereocenters. The van der Waals surface area contributed by atoms with Gasteiger partial charge in [-0.2, -0.15) is 0 Å². The molecule has 1 heterocycles. The molecular formula is C16H15ClN2O2. The van der Waals surface area contributed by atoms with Gasteiger partial charge in [-0.05, 0) is 41.8 Å². The third-order valence-electron chi connectivity index (χ3n) is 3.78. The van der Waals surface area contributed by atoms with Gasteiger partial charge in [0.1, 0.15) is 5.75 Å². The van der Waals surface area contributed by atoms with E-state index in [0.29, 0.717) is 18.1 Å². The number of carbonyl (C=O) groups is 1. The van der Waals surface area contributed by atoms with E-state index in [2.05, 4.69) is 0 Å². The summed E-state index contributed by atoms with van der Waals surface area (Å²) in [7, 11) is 0. The van der Waals surface area contributed by atoms with Gasteiger partial charge in [-0.15, -0.1) is 0 Å². The Morgan fingerprint density at radius 1 is 1.29 bits per heavy atom. The van der Waals surface area contributed by atoms with Crippen LogP contribution in [0.25, 0.3) is 0 Å². The highest BCUT2D eigenvalue weighted by atomic mass is 35.5. The summed E-state index contributed by atoms with van der Waals surface area (Å²) in [6, 6.07) is 10.3. The fourth-order valence-electron chi connectivity index (χ4n) is 2.67. The minimum absolute atomic E-state index is 0.0918. The van der Waals surface area contributed by atoms with Crippen LogP contribution >= 0.6 is 11.6 Å². The van der Waals surface area contributed by atoms with Crippen molar-refractivity contribution in [2.75, 3.05) is 12.3 Å². The first-order chi connectivity index (χ1) is 10.1. The molecule has 0 atom stereocenters. The van der Waals surface area contributed by atoms with Gasteiger partial charge in [-0.1, -0.05) is 23.7 Å². The number of amides is 1. The zero-order valence-electron chi connectivity index (χ0n) is 11.3. The number of halogens is 1. The Balaban J connectivity index is 1.87. The molecule has 0 spiro atoms. The van der Waals surface area contributed by atoms with Crippen LogP contribution in [-0.4, -0.2) is 22.5 Å². The normalized spacial score (nSPS) is 13.9. The molecule has 2 aromatic rings. The highest BCUT2D eigenvalue weighted by molar-refractivity contribution is 6.30. The molecule has 21 heavy (non-hydrogen) atoms. The van der Waals surface area contributed by atoms with Gasteiger partial charge in [0, 0.05) is 23.8 Å². The van der Waals surface area contributed by atoms with Gasteiger partial charge in [0.2, 0.25) is 0 Å². The molecule has 1 aliphatic rings. The van der Waals surface area contributed by atoms with Crippen LogP contribution in [0.5, 0.6) is 5.75 Å². The van der Waals surface area contributed by atoms with Crippen molar-refractivity contribution < 1.29 is 9.90 Å². The van der Waals surface area contributed by atoms with Crippen molar-refractivity contribution >= 4 is 23.2 Å². The average molecular weight is 303 g/mol. The van der Waals surface area contributed by atoms with Gasteiger partial charge < -0.3 is 15.7 Å². The SMILES string of the molecule is Nc1cccc2c1CCN(C(=O)c1ccc(Cl)cc1O)C2. The van der Waals surface area contributed by atoms with Crippen LogP contribution in [0.15, 0.2) is 36.4 Å². The van der Waals surface area contributed by atoms with Gasteiger partial charge in [0.25, 0.3) is 5.91 Å². The molecule has 2 aromatic carbocycles. The molecule has 0 aromatic heterocycles. The minimum Gasteiger partial charge on any atom is -0.507 e. The van der Waals surface area contributed by atoms with E-state index in [-0.39, 0.29) is 17.2 Å². The lowest BCUT2D eigenvalue weighted by molar-refractivity contribution is 0.0732. The minimum atomic E-state index is -0.197. The molecule has 0 saturated carbocycles. The molecule has 3 rings (SSSR count). The Labute approximate surface area is 127 Å². The van der Waals surface area contributed by atoms with Gasteiger partial charge >= 0.3 is 0 Å². The smallest absolute Gasteiger partial charge is 0.257 e. The van der Waals surface area contributed by atoms with Crippen LogP contribution < -0.4 is 5.73 Å². The number of rotatable bonds is 1. The van der Waals surface area contributed by atoms with E-state index in [1.807, 2.05) is 18.2 Å². The number of aromatic hydroxyl groups is 1. The summed E-state index contributed by atoms with van der Waals surface area (Å²) in [4.78, 5) is 14.2. The van der Waals surface area contributed by atoms with E-state index in [9.17, 15) is 9.90 Å². The highest BCUT2D eigenvalue weighted by Gasteiger charge is 2.24. The Morgan fingerprint density at radius 3 is 2.86 bits per heavy atom. The Hall–Kier alpha value is -2.20. The summed E-state index contributed by atoms with van der Waals surface area (Å²) in [5.74, 6) is -0.289. The molecule has 3 N–H and O–H groups in total. The van der Waals surface area contributed by atoms with Crippen molar-refractivity contribution in [3.05, 3.63) is 58.1 Å². The number of nitrogen functional groups attached to an aromatic ring is 1. The summed E-state index contributed by atoms with van der Waals surface area (Å²) in [5, 5.41) is 10.3. The number of benzene rings is 2. The molecule has 5 heteroatoms. The molecule has 0 saturated heterocycles. The number of carbonyl (C=O) groups excluding carboxylic acids is 1. The van der Waals surface area contributed by atoms with Gasteiger partial charge in [0.15, 0.2) is 0 Å². The van der Waals surface area contributed by atoms with E-state index in [1.54, 1.807) is 17.0 Å². The van der Waals surface area contributed by atoms with Crippen LogP contribution in [0, 0.1) is 0 Å². The van der Waals surface area contributed by atoms with Crippen molar-refractivity contribution in [2.24, 2.45) is 0 Å². The number of fused-ring (bicyclic) bond motifs is 1. The van der Waals surface area contributed by atoms with Crippen LogP contribution in [-0.2, 0) is 13.0 Å². The van der Waals surface area contributed by atoms with Crippen LogP contribution in [0.2, 0.25) is 5.02 Å². The number of hydrogen-bond donors (Lipinski definition) is 2. The third-order valence-corrected chi connectivity index (χ3v) is 4.01. The molecule has 4 nitrogen and oxygen atoms in total. The van der Waals surface area contributed by atoms with Crippen LogP contribution in [0.4, 0.5) is 5.69 Å². The second kappa shape index (κ2) is 5.30. The summed E-state index contributed by atoms with van der Waals surface area (Å²) in [5.41, 5.74) is 9.17. The quantitative estimate of drug-likeness (QED) is 0.796. The molecule has 0 fully saturated rings. The Morgan fingerprint density at radius 2 is 2.10 bits per heavy atom. The predicted molar refractivity (Wildman–Crippen MR) is 82.4 cm³/mol. The Kier molecular flexibility index (Phi) is 3.47. The first-order valence-electron chi connectivity index (χ1n) is 6.70. The lowest BCUT2D eigenvalue weighted by atomic mass is 9.97. The van der Waals surface area contributed by atoms with Crippen molar-refractivity contribution in [1.29, 1.82) is 0 Å². The Bertz CT molecular complexity index is 715. The number of nitrogens with two attached hydrogens (primary N) is 1. The third kappa shape index (κ3) is 2.54. The number of hydrogen-bond acceptors (Lipinski definition) is 3. The summed E-state index contributed by atoms with van der Waals surface area (Å²) < 4.78 is 0.